The molecule has 0 saturated heterocycles. The third-order valence-electron chi connectivity index (χ3n) is 4.13. The molecule has 2 unspecified atom stereocenters. The van der Waals surface area contributed by atoms with Crippen LogP contribution in [0, 0.1) is 0 Å². The highest BCUT2D eigenvalue weighted by atomic mass is 16.5. The lowest BCUT2D eigenvalue weighted by atomic mass is 10.0. The molecule has 0 fully saturated rings. The van der Waals surface area contributed by atoms with Crippen LogP contribution >= 0.6 is 0 Å². The first-order chi connectivity index (χ1) is 15.0. The fourth-order valence-corrected chi connectivity index (χ4v) is 2.77. The number of carboxylic acids is 1. The Bertz CT molecular complexity index is 879. The highest BCUT2D eigenvalue weighted by Gasteiger charge is 2.18. The second kappa shape index (κ2) is 12.7. The van der Waals surface area contributed by atoms with Crippen molar-refractivity contribution in [1.29, 1.82) is 0 Å². The fraction of sp³-hybridized carbons (Fsp3) is 0.348. The maximum Gasteiger partial charge on any atom is 0.340 e. The first-order valence-electron chi connectivity index (χ1n) is 9.75. The maximum atomic E-state index is 11.9. The summed E-state index contributed by atoms with van der Waals surface area (Å²) in [7, 11) is 0. The summed E-state index contributed by atoms with van der Waals surface area (Å²) in [6.45, 7) is 7.78. The second-order valence-electron chi connectivity index (χ2n) is 6.71. The number of carboxylic acid groups (broad SMARTS) is 1. The molecule has 2 aromatic rings. The largest absolute Gasteiger partial charge is 0.491 e. The first-order valence-corrected chi connectivity index (χ1v) is 9.75. The normalized spacial score (nSPS) is 12.8. The summed E-state index contributed by atoms with van der Waals surface area (Å²) in [5.74, 6) is -0.525. The van der Waals surface area contributed by atoms with Gasteiger partial charge in [-0.05, 0) is 29.7 Å². The number of fused-ring (bicyclic) bond motifs is 1. The lowest BCUT2D eigenvalue weighted by Gasteiger charge is -2.16. The quantitative estimate of drug-likeness (QED) is 0.290. The summed E-state index contributed by atoms with van der Waals surface area (Å²) in [5, 5.41) is 30.6. The molecular formula is C23H28O8. The van der Waals surface area contributed by atoms with Crippen molar-refractivity contribution in [2.45, 2.75) is 12.2 Å². The van der Waals surface area contributed by atoms with Crippen molar-refractivity contribution >= 4 is 16.7 Å². The zero-order valence-corrected chi connectivity index (χ0v) is 17.2. The Morgan fingerprint density at radius 3 is 2.10 bits per heavy atom. The highest BCUT2D eigenvalue weighted by Crippen LogP contribution is 2.31. The van der Waals surface area contributed by atoms with E-state index < -0.39 is 18.2 Å². The fourth-order valence-electron chi connectivity index (χ4n) is 2.77. The number of ether oxygens (including phenoxy) is 4. The first kappa shape index (κ1) is 24.4. The molecule has 0 spiro atoms. The molecule has 2 rings (SSSR count). The Hall–Kier alpha value is -2.91. The van der Waals surface area contributed by atoms with E-state index in [9.17, 15) is 20.1 Å². The lowest BCUT2D eigenvalue weighted by Crippen LogP contribution is -2.24. The minimum absolute atomic E-state index is 0.0129. The molecule has 0 aliphatic rings. The van der Waals surface area contributed by atoms with Crippen LogP contribution in [0.2, 0.25) is 0 Å². The third kappa shape index (κ3) is 7.69. The minimum Gasteiger partial charge on any atom is -0.491 e. The smallest absolute Gasteiger partial charge is 0.340 e. The van der Waals surface area contributed by atoms with Crippen molar-refractivity contribution in [2.75, 3.05) is 39.6 Å². The molecule has 2 aromatic carbocycles. The molecular weight excluding hydrogens is 404 g/mol. The molecule has 2 atom stereocenters. The van der Waals surface area contributed by atoms with Gasteiger partial charge in [0.2, 0.25) is 0 Å². The number of aromatic carboxylic acids is 1. The SMILES string of the molecule is C=CCOCC(O)COc1ccc2c(C(=O)O)c(OCC(O)COCC=C)ccc2c1. The van der Waals surface area contributed by atoms with E-state index in [0.717, 1.165) is 0 Å². The maximum absolute atomic E-state index is 11.9. The van der Waals surface area contributed by atoms with Gasteiger partial charge in [0.1, 0.15) is 42.5 Å². The number of aliphatic hydroxyl groups excluding tert-OH is 2. The van der Waals surface area contributed by atoms with Gasteiger partial charge in [0.15, 0.2) is 0 Å². The van der Waals surface area contributed by atoms with E-state index in [1.165, 1.54) is 6.07 Å². The molecule has 0 heterocycles. The number of carbonyl (C=O) groups is 1. The van der Waals surface area contributed by atoms with E-state index in [-0.39, 0.29) is 37.7 Å². The molecule has 0 amide bonds. The molecule has 0 aromatic heterocycles. The van der Waals surface area contributed by atoms with Crippen molar-refractivity contribution in [2.24, 2.45) is 0 Å². The predicted molar refractivity (Wildman–Crippen MR) is 116 cm³/mol. The van der Waals surface area contributed by atoms with Crippen LogP contribution in [0.25, 0.3) is 10.8 Å². The Morgan fingerprint density at radius 2 is 1.52 bits per heavy atom. The van der Waals surface area contributed by atoms with Crippen LogP contribution in [-0.2, 0) is 9.47 Å². The van der Waals surface area contributed by atoms with E-state index in [2.05, 4.69) is 13.2 Å². The Balaban J connectivity index is 2.08. The van der Waals surface area contributed by atoms with Crippen molar-refractivity contribution < 1.29 is 39.1 Å². The monoisotopic (exact) mass is 432 g/mol. The molecule has 0 radical (unpaired) electrons. The predicted octanol–water partition coefficient (Wildman–Crippen LogP) is 2.42. The van der Waals surface area contributed by atoms with Gasteiger partial charge >= 0.3 is 5.97 Å². The molecule has 168 valence electrons. The van der Waals surface area contributed by atoms with Crippen molar-refractivity contribution in [3.05, 3.63) is 61.2 Å². The summed E-state index contributed by atoms with van der Waals surface area (Å²) in [6.07, 6.45) is 1.44. The van der Waals surface area contributed by atoms with Crippen molar-refractivity contribution in [3.63, 3.8) is 0 Å². The summed E-state index contributed by atoms with van der Waals surface area (Å²) in [5.41, 5.74) is -0.0129. The van der Waals surface area contributed by atoms with Gasteiger partial charge in [0.05, 0.1) is 26.4 Å². The Kier molecular flexibility index (Phi) is 9.99. The van der Waals surface area contributed by atoms with E-state index in [1.807, 2.05) is 0 Å². The summed E-state index contributed by atoms with van der Waals surface area (Å²) < 4.78 is 21.4. The van der Waals surface area contributed by atoms with E-state index in [1.54, 1.807) is 36.4 Å². The molecule has 8 heteroatoms. The van der Waals surface area contributed by atoms with Gasteiger partial charge in [-0.3, -0.25) is 0 Å². The molecule has 8 nitrogen and oxygen atoms in total. The van der Waals surface area contributed by atoms with Crippen LogP contribution in [0.4, 0.5) is 0 Å². The van der Waals surface area contributed by atoms with Crippen LogP contribution < -0.4 is 9.47 Å². The Morgan fingerprint density at radius 1 is 0.903 bits per heavy atom. The van der Waals surface area contributed by atoms with Crippen LogP contribution in [0.1, 0.15) is 10.4 Å². The lowest BCUT2D eigenvalue weighted by molar-refractivity contribution is 0.0210. The summed E-state index contributed by atoms with van der Waals surface area (Å²) >= 11 is 0. The molecule has 0 aliphatic heterocycles. The van der Waals surface area contributed by atoms with Crippen LogP contribution in [0.5, 0.6) is 11.5 Å². The minimum atomic E-state index is -1.15. The average Bonchev–Trinajstić information content (AvgIpc) is 2.75. The van der Waals surface area contributed by atoms with Gasteiger partial charge in [-0.1, -0.05) is 18.2 Å². The van der Waals surface area contributed by atoms with Crippen molar-refractivity contribution in [1.82, 2.24) is 0 Å². The third-order valence-corrected chi connectivity index (χ3v) is 4.13. The molecule has 0 aliphatic carbocycles. The van der Waals surface area contributed by atoms with Crippen LogP contribution in [0.3, 0.4) is 0 Å². The molecule has 0 saturated carbocycles. The number of aliphatic hydroxyl groups is 2. The zero-order valence-electron chi connectivity index (χ0n) is 17.2. The molecule has 3 N–H and O–H groups in total. The number of hydrogen-bond donors (Lipinski definition) is 3. The number of hydrogen-bond acceptors (Lipinski definition) is 7. The van der Waals surface area contributed by atoms with E-state index in [4.69, 9.17) is 18.9 Å². The van der Waals surface area contributed by atoms with Gasteiger partial charge in [0.25, 0.3) is 0 Å². The molecule has 0 bridgehead atoms. The van der Waals surface area contributed by atoms with Gasteiger partial charge < -0.3 is 34.3 Å². The van der Waals surface area contributed by atoms with Gasteiger partial charge in [-0.15, -0.1) is 13.2 Å². The molecule has 31 heavy (non-hydrogen) atoms. The summed E-state index contributed by atoms with van der Waals surface area (Å²) in [6, 6.07) is 8.15. The standard InChI is InChI=1S/C23H28O8/c1-3-9-28-12-17(24)14-30-19-6-7-20-16(11-19)5-8-21(22(20)23(26)27)31-15-18(25)13-29-10-4-2/h3-8,11,17-18,24-25H,1-2,9-10,12-15H2,(H,26,27). The topological polar surface area (TPSA) is 115 Å². The van der Waals surface area contributed by atoms with Crippen molar-refractivity contribution in [3.8, 4) is 11.5 Å². The Labute approximate surface area is 180 Å². The number of benzene rings is 2. The zero-order chi connectivity index (χ0) is 22.6. The van der Waals surface area contributed by atoms with E-state index in [0.29, 0.717) is 29.7 Å². The van der Waals surface area contributed by atoms with Crippen LogP contribution in [0.15, 0.2) is 55.6 Å². The summed E-state index contributed by atoms with van der Waals surface area (Å²) in [4.78, 5) is 11.9. The van der Waals surface area contributed by atoms with E-state index >= 15 is 0 Å². The van der Waals surface area contributed by atoms with Gasteiger partial charge in [-0.2, -0.15) is 0 Å². The second-order valence-corrected chi connectivity index (χ2v) is 6.71. The highest BCUT2D eigenvalue weighted by molar-refractivity contribution is 6.06. The average molecular weight is 432 g/mol. The number of rotatable bonds is 15. The van der Waals surface area contributed by atoms with Crippen LogP contribution in [-0.4, -0.2) is 73.1 Å². The van der Waals surface area contributed by atoms with Gasteiger partial charge in [-0.25, -0.2) is 4.79 Å². The van der Waals surface area contributed by atoms with Gasteiger partial charge in [0, 0.05) is 5.39 Å².